The number of nitrogens with zero attached hydrogens (tertiary/aromatic N) is 1. The van der Waals surface area contributed by atoms with Gasteiger partial charge in [-0.05, 0) is 36.2 Å². The van der Waals surface area contributed by atoms with Crippen LogP contribution < -0.4 is 5.32 Å². The van der Waals surface area contributed by atoms with Gasteiger partial charge in [-0.3, -0.25) is 4.79 Å². The molecule has 2 aromatic rings. The molecule has 150 valence electrons. The standard InChI is InChI=1S/C19H21ClN2O4S2/c20-15-6-8-17(9-7-15)28(25,26)22-13-27-12-18(22)19(24)21-16(11-23)10-14-4-2-1-3-5-14/h1-9,16,18,23H,10-13H2,(H,21,24)/t16-,18+/m0/s1. The van der Waals surface area contributed by atoms with Crippen LogP contribution >= 0.6 is 23.4 Å². The lowest BCUT2D eigenvalue weighted by Gasteiger charge is -2.25. The summed E-state index contributed by atoms with van der Waals surface area (Å²) in [5, 5.41) is 12.9. The summed E-state index contributed by atoms with van der Waals surface area (Å²) in [6, 6.07) is 14.1. The quantitative estimate of drug-likeness (QED) is 0.688. The molecule has 28 heavy (non-hydrogen) atoms. The maximum Gasteiger partial charge on any atom is 0.244 e. The molecule has 0 spiro atoms. The molecule has 0 radical (unpaired) electrons. The molecular formula is C19H21ClN2O4S2. The van der Waals surface area contributed by atoms with Crippen molar-refractivity contribution in [3.63, 3.8) is 0 Å². The Morgan fingerprint density at radius 2 is 1.89 bits per heavy atom. The van der Waals surface area contributed by atoms with Crippen LogP contribution in [-0.2, 0) is 21.2 Å². The van der Waals surface area contributed by atoms with E-state index in [0.29, 0.717) is 17.2 Å². The zero-order valence-electron chi connectivity index (χ0n) is 15.0. The highest BCUT2D eigenvalue weighted by atomic mass is 35.5. The number of thioether (sulfide) groups is 1. The van der Waals surface area contributed by atoms with Crippen LogP contribution in [0.5, 0.6) is 0 Å². The van der Waals surface area contributed by atoms with E-state index in [4.69, 9.17) is 11.6 Å². The van der Waals surface area contributed by atoms with Gasteiger partial charge >= 0.3 is 0 Å². The predicted octanol–water partition coefficient (Wildman–Crippen LogP) is 2.12. The van der Waals surface area contributed by atoms with Gasteiger partial charge < -0.3 is 10.4 Å². The Balaban J connectivity index is 1.72. The second kappa shape index (κ2) is 9.28. The molecule has 2 N–H and O–H groups in total. The summed E-state index contributed by atoms with van der Waals surface area (Å²) in [4.78, 5) is 12.9. The first-order chi connectivity index (χ1) is 13.4. The highest BCUT2D eigenvalue weighted by Crippen LogP contribution is 2.29. The van der Waals surface area contributed by atoms with E-state index in [-0.39, 0.29) is 17.4 Å². The number of aliphatic hydroxyl groups is 1. The SMILES string of the molecule is O=C(N[C@H](CO)Cc1ccccc1)[C@H]1CSCN1S(=O)(=O)c1ccc(Cl)cc1. The van der Waals surface area contributed by atoms with E-state index >= 15 is 0 Å². The van der Waals surface area contributed by atoms with E-state index < -0.39 is 28.0 Å². The van der Waals surface area contributed by atoms with Crippen molar-refractivity contribution in [1.82, 2.24) is 9.62 Å². The molecule has 1 fully saturated rings. The highest BCUT2D eigenvalue weighted by Gasteiger charge is 2.40. The van der Waals surface area contributed by atoms with Crippen LogP contribution in [0.2, 0.25) is 5.02 Å². The van der Waals surface area contributed by atoms with E-state index in [2.05, 4.69) is 5.32 Å². The molecule has 1 saturated heterocycles. The molecule has 0 aliphatic carbocycles. The minimum absolute atomic E-state index is 0.0974. The topological polar surface area (TPSA) is 86.7 Å². The number of carbonyl (C=O) groups excluding carboxylic acids is 1. The summed E-state index contributed by atoms with van der Waals surface area (Å²) in [6.07, 6.45) is 0.465. The molecular weight excluding hydrogens is 420 g/mol. The zero-order valence-corrected chi connectivity index (χ0v) is 17.4. The van der Waals surface area contributed by atoms with Crippen LogP contribution in [0.4, 0.5) is 0 Å². The van der Waals surface area contributed by atoms with Gasteiger partial charge in [0.15, 0.2) is 0 Å². The van der Waals surface area contributed by atoms with Crippen LogP contribution in [-0.4, -0.2) is 54.1 Å². The molecule has 1 heterocycles. The molecule has 0 aromatic heterocycles. The van der Waals surface area contributed by atoms with E-state index in [1.165, 1.54) is 40.3 Å². The number of carbonyl (C=O) groups is 1. The first-order valence-electron chi connectivity index (χ1n) is 8.72. The molecule has 0 bridgehead atoms. The summed E-state index contributed by atoms with van der Waals surface area (Å²) >= 11 is 7.22. The third-order valence-electron chi connectivity index (χ3n) is 4.46. The average molecular weight is 441 g/mol. The van der Waals surface area contributed by atoms with E-state index in [1.54, 1.807) is 0 Å². The molecule has 1 aliphatic heterocycles. The second-order valence-corrected chi connectivity index (χ2v) is 9.77. The Bertz CT molecular complexity index is 907. The van der Waals surface area contributed by atoms with Gasteiger partial charge in [-0.15, -0.1) is 11.8 Å². The zero-order chi connectivity index (χ0) is 20.1. The first kappa shape index (κ1) is 21.1. The lowest BCUT2D eigenvalue weighted by Crippen LogP contribution is -2.51. The van der Waals surface area contributed by atoms with Crippen molar-refractivity contribution in [3.8, 4) is 0 Å². The van der Waals surface area contributed by atoms with E-state index in [0.717, 1.165) is 5.56 Å². The van der Waals surface area contributed by atoms with E-state index in [9.17, 15) is 18.3 Å². The fourth-order valence-corrected chi connectivity index (χ4v) is 6.24. The molecule has 0 unspecified atom stereocenters. The lowest BCUT2D eigenvalue weighted by atomic mass is 10.1. The van der Waals surface area contributed by atoms with Crippen molar-refractivity contribution < 1.29 is 18.3 Å². The average Bonchev–Trinajstić information content (AvgIpc) is 3.19. The van der Waals surface area contributed by atoms with Gasteiger partial charge in [0.2, 0.25) is 15.9 Å². The molecule has 1 aliphatic rings. The number of aliphatic hydroxyl groups excluding tert-OH is 1. The summed E-state index contributed by atoms with van der Waals surface area (Å²) in [6.45, 7) is -0.232. The maximum atomic E-state index is 12.9. The van der Waals surface area contributed by atoms with Gasteiger partial charge in [-0.25, -0.2) is 8.42 Å². The van der Waals surface area contributed by atoms with Gasteiger partial charge in [0, 0.05) is 10.8 Å². The number of rotatable bonds is 7. The minimum atomic E-state index is -3.82. The van der Waals surface area contributed by atoms with E-state index in [1.807, 2.05) is 30.3 Å². The molecule has 9 heteroatoms. The van der Waals surface area contributed by atoms with Crippen molar-refractivity contribution >= 4 is 39.3 Å². The smallest absolute Gasteiger partial charge is 0.244 e. The fraction of sp³-hybridized carbons (Fsp3) is 0.316. The summed E-state index contributed by atoms with van der Waals surface area (Å²) in [5.41, 5.74) is 0.980. The van der Waals surface area contributed by atoms with Gasteiger partial charge in [0.05, 0.1) is 23.4 Å². The highest BCUT2D eigenvalue weighted by molar-refractivity contribution is 8.00. The second-order valence-electron chi connectivity index (χ2n) is 6.44. The lowest BCUT2D eigenvalue weighted by molar-refractivity contribution is -0.124. The van der Waals surface area contributed by atoms with Crippen LogP contribution in [0.15, 0.2) is 59.5 Å². The monoisotopic (exact) mass is 440 g/mol. The van der Waals surface area contributed by atoms with Gasteiger partial charge in [0.1, 0.15) is 6.04 Å². The Labute approximate surface area is 173 Å². The Morgan fingerprint density at radius 1 is 1.21 bits per heavy atom. The van der Waals surface area contributed by atoms with Gasteiger partial charge in [0.25, 0.3) is 0 Å². The van der Waals surface area contributed by atoms with Crippen molar-refractivity contribution in [2.75, 3.05) is 18.2 Å². The fourth-order valence-electron chi connectivity index (χ4n) is 2.97. The summed E-state index contributed by atoms with van der Waals surface area (Å²) < 4.78 is 27.1. The van der Waals surface area contributed by atoms with Gasteiger partial charge in [-0.2, -0.15) is 4.31 Å². The van der Waals surface area contributed by atoms with Crippen molar-refractivity contribution in [2.45, 2.75) is 23.4 Å². The molecule has 1 amide bonds. The number of halogens is 1. The summed E-state index contributed by atoms with van der Waals surface area (Å²) in [7, 11) is -3.82. The Morgan fingerprint density at radius 3 is 2.54 bits per heavy atom. The van der Waals surface area contributed by atoms with Crippen molar-refractivity contribution in [2.24, 2.45) is 0 Å². The first-order valence-corrected chi connectivity index (χ1v) is 11.7. The Hall–Kier alpha value is -1.58. The number of nitrogens with one attached hydrogen (secondary N) is 1. The third-order valence-corrected chi connectivity index (χ3v) is 7.75. The number of amides is 1. The molecule has 2 atom stereocenters. The normalized spacial score (nSPS) is 18.7. The minimum Gasteiger partial charge on any atom is -0.394 e. The van der Waals surface area contributed by atoms with Gasteiger partial charge in [-0.1, -0.05) is 41.9 Å². The number of hydrogen-bond acceptors (Lipinski definition) is 5. The van der Waals surface area contributed by atoms with Crippen LogP contribution in [0, 0.1) is 0 Å². The maximum absolute atomic E-state index is 12.9. The molecule has 6 nitrogen and oxygen atoms in total. The number of hydrogen-bond donors (Lipinski definition) is 2. The molecule has 0 saturated carbocycles. The summed E-state index contributed by atoms with van der Waals surface area (Å²) in [5.74, 6) is 0.158. The third kappa shape index (κ3) is 4.87. The molecule has 3 rings (SSSR count). The number of benzene rings is 2. The predicted molar refractivity (Wildman–Crippen MR) is 111 cm³/mol. The largest absolute Gasteiger partial charge is 0.394 e. The van der Waals surface area contributed by atoms with Crippen molar-refractivity contribution in [1.29, 1.82) is 0 Å². The number of sulfonamides is 1. The van der Waals surface area contributed by atoms with Crippen LogP contribution in [0.3, 0.4) is 0 Å². The Kier molecular flexibility index (Phi) is 7.00. The molecule has 2 aromatic carbocycles. The van der Waals surface area contributed by atoms with Crippen LogP contribution in [0.1, 0.15) is 5.56 Å². The van der Waals surface area contributed by atoms with Crippen molar-refractivity contribution in [3.05, 3.63) is 65.2 Å². The van der Waals surface area contributed by atoms with Crippen LogP contribution in [0.25, 0.3) is 0 Å².